The van der Waals surface area contributed by atoms with Crippen molar-refractivity contribution in [3.63, 3.8) is 0 Å². The van der Waals surface area contributed by atoms with Gasteiger partial charge in [0.2, 0.25) is 0 Å². The molecule has 1 N–H and O–H groups in total. The molecule has 0 aliphatic heterocycles. The summed E-state index contributed by atoms with van der Waals surface area (Å²) in [7, 11) is 3.09. The van der Waals surface area contributed by atoms with Gasteiger partial charge in [-0.2, -0.15) is 0 Å². The van der Waals surface area contributed by atoms with Gasteiger partial charge in [-0.25, -0.2) is 0 Å². The molecular weight excluding hydrogens is 285 g/mol. The predicted molar refractivity (Wildman–Crippen MR) is 73.3 cm³/mol. The van der Waals surface area contributed by atoms with E-state index in [9.17, 15) is 18.0 Å². The van der Waals surface area contributed by atoms with Gasteiger partial charge in [0.05, 0.1) is 5.69 Å². The van der Waals surface area contributed by atoms with E-state index in [2.05, 4.69) is 10.1 Å². The second kappa shape index (κ2) is 5.51. The monoisotopic (exact) mass is 298 g/mol. The van der Waals surface area contributed by atoms with E-state index in [1.807, 2.05) is 0 Å². The second-order valence-corrected chi connectivity index (χ2v) is 4.37. The highest BCUT2D eigenvalue weighted by atomic mass is 19.4. The van der Waals surface area contributed by atoms with Gasteiger partial charge in [0.15, 0.2) is 5.75 Å². The molecule has 0 radical (unpaired) electrons. The van der Waals surface area contributed by atoms with E-state index in [-0.39, 0.29) is 17.0 Å². The van der Waals surface area contributed by atoms with Crippen LogP contribution in [0, 0.1) is 0 Å². The van der Waals surface area contributed by atoms with Gasteiger partial charge in [0, 0.05) is 26.4 Å². The van der Waals surface area contributed by atoms with Gasteiger partial charge >= 0.3 is 6.36 Å². The minimum absolute atomic E-state index is 0.208. The Bertz CT molecular complexity index is 708. The van der Waals surface area contributed by atoms with Crippen molar-refractivity contribution in [2.24, 2.45) is 7.05 Å². The van der Waals surface area contributed by atoms with Crippen LogP contribution in [0.15, 0.2) is 41.3 Å². The molecule has 1 aromatic heterocycles. The Balaban J connectivity index is 2.48. The van der Waals surface area contributed by atoms with E-state index in [0.717, 1.165) is 0 Å². The maximum Gasteiger partial charge on any atom is 0.573 e. The number of ether oxygens (including phenoxy) is 1. The van der Waals surface area contributed by atoms with Crippen LogP contribution >= 0.6 is 0 Å². The van der Waals surface area contributed by atoms with E-state index in [1.54, 1.807) is 25.4 Å². The zero-order valence-electron chi connectivity index (χ0n) is 11.4. The summed E-state index contributed by atoms with van der Waals surface area (Å²) in [5.41, 5.74) is 0.946. The fourth-order valence-corrected chi connectivity index (χ4v) is 1.85. The molecule has 0 saturated heterocycles. The standard InChI is InChI=1S/C14H13F3N2O2/c1-18-11-4-3-9(7-12(11)21-14(15,16)17)10-5-6-19(2)13(20)8-10/h3-8,18H,1-2H3. The summed E-state index contributed by atoms with van der Waals surface area (Å²) >= 11 is 0. The van der Waals surface area contributed by atoms with Crippen molar-refractivity contribution in [2.75, 3.05) is 12.4 Å². The molecule has 1 heterocycles. The van der Waals surface area contributed by atoms with Crippen molar-refractivity contribution in [1.82, 2.24) is 4.57 Å². The lowest BCUT2D eigenvalue weighted by Gasteiger charge is -2.14. The summed E-state index contributed by atoms with van der Waals surface area (Å²) in [4.78, 5) is 11.6. The number of nitrogens with zero attached hydrogens (tertiary/aromatic N) is 1. The summed E-state index contributed by atoms with van der Waals surface area (Å²) in [5.74, 6) is -0.344. The Morgan fingerprint density at radius 2 is 1.81 bits per heavy atom. The number of benzene rings is 1. The fourth-order valence-electron chi connectivity index (χ4n) is 1.85. The molecule has 0 fully saturated rings. The molecule has 4 nitrogen and oxygen atoms in total. The lowest BCUT2D eigenvalue weighted by molar-refractivity contribution is -0.274. The maximum atomic E-state index is 12.4. The smallest absolute Gasteiger partial charge is 0.404 e. The molecule has 1 aromatic carbocycles. The molecule has 2 rings (SSSR count). The molecule has 21 heavy (non-hydrogen) atoms. The number of pyridine rings is 1. The second-order valence-electron chi connectivity index (χ2n) is 4.37. The quantitative estimate of drug-likeness (QED) is 0.947. The van der Waals surface area contributed by atoms with E-state index < -0.39 is 6.36 Å². The summed E-state index contributed by atoms with van der Waals surface area (Å²) in [6, 6.07) is 7.32. The number of anilines is 1. The zero-order valence-corrected chi connectivity index (χ0v) is 11.4. The largest absolute Gasteiger partial charge is 0.573 e. The van der Waals surface area contributed by atoms with Crippen molar-refractivity contribution in [3.05, 3.63) is 46.9 Å². The van der Waals surface area contributed by atoms with Gasteiger partial charge < -0.3 is 14.6 Å². The van der Waals surface area contributed by atoms with Crippen molar-refractivity contribution in [2.45, 2.75) is 6.36 Å². The number of hydrogen-bond acceptors (Lipinski definition) is 3. The van der Waals surface area contributed by atoms with Crippen LogP contribution in [0.5, 0.6) is 5.75 Å². The van der Waals surface area contributed by atoms with Gasteiger partial charge in [0.25, 0.3) is 5.56 Å². The molecule has 0 bridgehead atoms. The summed E-state index contributed by atoms with van der Waals surface area (Å²) < 4.78 is 42.6. The van der Waals surface area contributed by atoms with Crippen molar-refractivity contribution >= 4 is 5.69 Å². The first-order chi connectivity index (χ1) is 9.80. The number of rotatable bonds is 3. The number of halogens is 3. The summed E-state index contributed by atoms with van der Waals surface area (Å²) in [6.45, 7) is 0. The molecule has 7 heteroatoms. The topological polar surface area (TPSA) is 43.3 Å². The Morgan fingerprint density at radius 1 is 1.14 bits per heavy atom. The Labute approximate surface area is 118 Å². The molecule has 0 amide bonds. The number of alkyl halides is 3. The third-order valence-electron chi connectivity index (χ3n) is 2.91. The molecule has 0 unspecified atom stereocenters. The average molecular weight is 298 g/mol. The Kier molecular flexibility index (Phi) is 3.93. The molecule has 112 valence electrons. The van der Waals surface area contributed by atoms with Crippen LogP contribution in [0.1, 0.15) is 0 Å². The number of aryl methyl sites for hydroxylation is 1. The van der Waals surface area contributed by atoms with Crippen LogP contribution in [0.2, 0.25) is 0 Å². The lowest BCUT2D eigenvalue weighted by Crippen LogP contribution is -2.18. The fraction of sp³-hybridized carbons (Fsp3) is 0.214. The maximum absolute atomic E-state index is 12.4. The number of hydrogen-bond donors (Lipinski definition) is 1. The first-order valence-electron chi connectivity index (χ1n) is 6.05. The molecule has 2 aromatic rings. The van der Waals surface area contributed by atoms with Gasteiger partial charge in [0.1, 0.15) is 0 Å². The Morgan fingerprint density at radius 3 is 2.38 bits per heavy atom. The summed E-state index contributed by atoms with van der Waals surface area (Å²) in [5, 5.41) is 2.63. The minimum Gasteiger partial charge on any atom is -0.404 e. The van der Waals surface area contributed by atoms with Crippen LogP contribution in [0.3, 0.4) is 0 Å². The average Bonchev–Trinajstić information content (AvgIpc) is 2.40. The SMILES string of the molecule is CNc1ccc(-c2ccn(C)c(=O)c2)cc1OC(F)(F)F. The van der Waals surface area contributed by atoms with Crippen LogP contribution in [-0.4, -0.2) is 18.0 Å². The van der Waals surface area contributed by atoms with Crippen molar-refractivity contribution in [1.29, 1.82) is 0 Å². The van der Waals surface area contributed by atoms with Gasteiger partial charge in [-0.3, -0.25) is 4.79 Å². The van der Waals surface area contributed by atoms with Gasteiger partial charge in [-0.1, -0.05) is 6.07 Å². The van der Waals surface area contributed by atoms with Crippen LogP contribution in [0.4, 0.5) is 18.9 Å². The predicted octanol–water partition coefficient (Wildman–Crippen LogP) is 2.99. The minimum atomic E-state index is -4.78. The third kappa shape index (κ3) is 3.56. The highest BCUT2D eigenvalue weighted by Gasteiger charge is 2.32. The number of aromatic nitrogens is 1. The Hall–Kier alpha value is -2.44. The zero-order chi connectivity index (χ0) is 15.6. The first-order valence-corrected chi connectivity index (χ1v) is 6.05. The molecule has 0 aliphatic rings. The highest BCUT2D eigenvalue weighted by molar-refractivity contribution is 5.70. The van der Waals surface area contributed by atoms with E-state index in [1.165, 1.54) is 29.8 Å². The lowest BCUT2D eigenvalue weighted by atomic mass is 10.1. The molecular formula is C14H13F3N2O2. The normalized spacial score (nSPS) is 11.3. The first kappa shape index (κ1) is 15.0. The van der Waals surface area contributed by atoms with E-state index >= 15 is 0 Å². The number of nitrogens with one attached hydrogen (secondary N) is 1. The van der Waals surface area contributed by atoms with Crippen LogP contribution in [-0.2, 0) is 7.05 Å². The van der Waals surface area contributed by atoms with Crippen LogP contribution < -0.4 is 15.6 Å². The van der Waals surface area contributed by atoms with Crippen molar-refractivity contribution < 1.29 is 17.9 Å². The molecule has 0 saturated carbocycles. The highest BCUT2D eigenvalue weighted by Crippen LogP contribution is 2.34. The van der Waals surface area contributed by atoms with Gasteiger partial charge in [-0.15, -0.1) is 13.2 Å². The summed E-state index contributed by atoms with van der Waals surface area (Å²) in [6.07, 6.45) is -3.23. The molecule has 0 spiro atoms. The van der Waals surface area contributed by atoms with Crippen LogP contribution in [0.25, 0.3) is 11.1 Å². The third-order valence-corrected chi connectivity index (χ3v) is 2.91. The molecule has 0 aliphatic carbocycles. The van der Waals surface area contributed by atoms with Crippen molar-refractivity contribution in [3.8, 4) is 16.9 Å². The van der Waals surface area contributed by atoms with E-state index in [0.29, 0.717) is 11.1 Å². The van der Waals surface area contributed by atoms with E-state index in [4.69, 9.17) is 0 Å². The molecule has 0 atom stereocenters. The van der Waals surface area contributed by atoms with Gasteiger partial charge in [-0.05, 0) is 29.3 Å².